The summed E-state index contributed by atoms with van der Waals surface area (Å²) in [5, 5.41) is 11.6. The van der Waals surface area contributed by atoms with Gasteiger partial charge in [0.25, 0.3) is 0 Å². The van der Waals surface area contributed by atoms with E-state index in [4.69, 9.17) is 5.26 Å². The van der Waals surface area contributed by atoms with Crippen LogP contribution in [-0.4, -0.2) is 29.6 Å². The first kappa shape index (κ1) is 21.1. The molecule has 0 unspecified atom stereocenters. The van der Waals surface area contributed by atoms with Crippen LogP contribution in [0.15, 0.2) is 48.5 Å². The lowest BCUT2D eigenvalue weighted by molar-refractivity contribution is -0.114. The Kier molecular flexibility index (Phi) is 6.05. The quantitative estimate of drug-likeness (QED) is 0.630. The van der Waals surface area contributed by atoms with E-state index in [2.05, 4.69) is 14.9 Å². The van der Waals surface area contributed by atoms with E-state index in [1.54, 1.807) is 24.3 Å². The first-order valence-electron chi connectivity index (χ1n) is 10.4. The van der Waals surface area contributed by atoms with Gasteiger partial charge in [0.1, 0.15) is 5.75 Å². The minimum Gasteiger partial charge on any atom is -0.307 e. The number of carbonyl (C=O) groups excluding carboxylic acids is 1. The number of nitriles is 1. The van der Waals surface area contributed by atoms with Crippen LogP contribution >= 0.6 is 0 Å². The second kappa shape index (κ2) is 8.90. The fraction of sp³-hybridized carbons (Fsp3) is 0.348. The number of hydrogen-bond donors (Lipinski definition) is 1. The smallest absolute Gasteiger partial charge is 0.241 e. The van der Waals surface area contributed by atoms with E-state index < -0.39 is 21.5 Å². The summed E-state index contributed by atoms with van der Waals surface area (Å²) in [4.78, 5) is 17.2. The van der Waals surface area contributed by atoms with Gasteiger partial charge in [-0.2, -0.15) is 5.26 Å². The number of benzene rings is 2. The maximum Gasteiger partial charge on any atom is 0.241 e. The molecule has 0 aliphatic heterocycles. The van der Waals surface area contributed by atoms with Gasteiger partial charge >= 0.3 is 0 Å². The summed E-state index contributed by atoms with van der Waals surface area (Å²) in [7, 11) is -3.67. The minimum atomic E-state index is -3.67. The molecule has 0 radical (unpaired) electrons. The van der Waals surface area contributed by atoms with Gasteiger partial charge in [-0.05, 0) is 42.7 Å². The molecule has 1 aromatic heterocycles. The Hall–Kier alpha value is -3.18. The fourth-order valence-electron chi connectivity index (χ4n) is 4.18. The number of nitrogens with zero attached hydrogens (tertiary/aromatic N) is 3. The van der Waals surface area contributed by atoms with E-state index in [1.807, 2.05) is 30.3 Å². The molecule has 3 aromatic rings. The molecule has 1 heterocycles. The van der Waals surface area contributed by atoms with E-state index in [0.717, 1.165) is 36.7 Å². The van der Waals surface area contributed by atoms with Gasteiger partial charge < -0.3 is 4.57 Å². The van der Waals surface area contributed by atoms with E-state index in [0.29, 0.717) is 17.1 Å². The molecular weight excluding hydrogens is 412 g/mol. The predicted octanol–water partition coefficient (Wildman–Crippen LogP) is 3.97. The molecule has 1 aliphatic carbocycles. The van der Waals surface area contributed by atoms with Gasteiger partial charge in [-0.25, -0.2) is 13.4 Å². The van der Waals surface area contributed by atoms with Crippen molar-refractivity contribution in [3.63, 3.8) is 0 Å². The summed E-state index contributed by atoms with van der Waals surface area (Å²) in [5.41, 5.74) is 2.73. The first-order chi connectivity index (χ1) is 14.9. The third-order valence-electron chi connectivity index (χ3n) is 5.61. The van der Waals surface area contributed by atoms with Crippen molar-refractivity contribution in [2.75, 3.05) is 11.1 Å². The lowest BCUT2D eigenvalue weighted by atomic mass is 9.95. The molecule has 0 saturated heterocycles. The van der Waals surface area contributed by atoms with E-state index >= 15 is 0 Å². The largest absolute Gasteiger partial charge is 0.307 e. The molecule has 31 heavy (non-hydrogen) atoms. The van der Waals surface area contributed by atoms with Crippen LogP contribution in [0, 0.1) is 11.3 Å². The zero-order valence-corrected chi connectivity index (χ0v) is 17.9. The summed E-state index contributed by atoms with van der Waals surface area (Å²) in [6.45, 7) is 0. The molecule has 160 valence electrons. The van der Waals surface area contributed by atoms with Gasteiger partial charge in [0.15, 0.2) is 9.84 Å². The number of imidazole rings is 1. The number of hydrogen-bond acceptors (Lipinski definition) is 5. The Labute approximate surface area is 181 Å². The Morgan fingerprint density at radius 2 is 1.81 bits per heavy atom. The maximum absolute atomic E-state index is 12.6. The number of carbonyl (C=O) groups is 1. The molecule has 1 aliphatic rings. The van der Waals surface area contributed by atoms with Crippen LogP contribution in [0.5, 0.6) is 0 Å². The number of nitrogens with one attached hydrogen (secondary N) is 1. The highest BCUT2D eigenvalue weighted by atomic mass is 32.2. The normalized spacial score (nSPS) is 14.9. The van der Waals surface area contributed by atoms with E-state index in [9.17, 15) is 13.2 Å². The molecule has 1 amide bonds. The zero-order chi connectivity index (χ0) is 21.8. The second-order valence-electron chi connectivity index (χ2n) is 7.98. The third kappa shape index (κ3) is 4.94. The van der Waals surface area contributed by atoms with Crippen molar-refractivity contribution in [2.45, 2.75) is 43.9 Å². The summed E-state index contributed by atoms with van der Waals surface area (Å²) >= 11 is 0. The van der Waals surface area contributed by atoms with Crippen molar-refractivity contribution >= 4 is 32.7 Å². The lowest BCUT2D eigenvalue weighted by Gasteiger charge is -2.25. The molecule has 1 saturated carbocycles. The number of para-hydroxylation sites is 2. The van der Waals surface area contributed by atoms with Crippen molar-refractivity contribution in [1.29, 1.82) is 5.26 Å². The average Bonchev–Trinajstić information content (AvgIpc) is 3.11. The number of rotatable bonds is 6. The van der Waals surface area contributed by atoms with Gasteiger partial charge in [0, 0.05) is 6.04 Å². The van der Waals surface area contributed by atoms with Gasteiger partial charge in [-0.3, -0.25) is 10.1 Å². The van der Waals surface area contributed by atoms with Crippen LogP contribution in [0.1, 0.15) is 49.3 Å². The molecule has 1 fully saturated rings. The monoisotopic (exact) mass is 436 g/mol. The Balaban J connectivity index is 1.52. The van der Waals surface area contributed by atoms with Crippen LogP contribution in [-0.2, 0) is 20.4 Å². The highest BCUT2D eigenvalue weighted by molar-refractivity contribution is 7.91. The number of aromatic nitrogens is 2. The number of anilines is 1. The van der Waals surface area contributed by atoms with Crippen molar-refractivity contribution < 1.29 is 13.2 Å². The van der Waals surface area contributed by atoms with Crippen LogP contribution in [0.25, 0.3) is 11.0 Å². The molecule has 2 aromatic carbocycles. The third-order valence-corrected chi connectivity index (χ3v) is 7.08. The van der Waals surface area contributed by atoms with Crippen molar-refractivity contribution in [1.82, 2.24) is 9.55 Å². The van der Waals surface area contributed by atoms with Gasteiger partial charge in [0.2, 0.25) is 11.9 Å². The summed E-state index contributed by atoms with van der Waals surface area (Å²) in [5.74, 6) is -1.07. The molecule has 0 spiro atoms. The molecule has 7 nitrogen and oxygen atoms in total. The van der Waals surface area contributed by atoms with Crippen LogP contribution < -0.4 is 5.32 Å². The fourth-order valence-corrected chi connectivity index (χ4v) is 5.46. The van der Waals surface area contributed by atoms with Gasteiger partial charge in [-0.15, -0.1) is 0 Å². The van der Waals surface area contributed by atoms with Gasteiger partial charge in [0.05, 0.1) is 28.4 Å². The van der Waals surface area contributed by atoms with E-state index in [-0.39, 0.29) is 11.8 Å². The van der Waals surface area contributed by atoms with Crippen molar-refractivity contribution in [3.8, 4) is 6.07 Å². The number of amides is 1. The average molecular weight is 437 g/mol. The highest BCUT2D eigenvalue weighted by Crippen LogP contribution is 2.34. The summed E-state index contributed by atoms with van der Waals surface area (Å²) < 4.78 is 27.2. The molecule has 8 heteroatoms. The summed E-state index contributed by atoms with van der Waals surface area (Å²) in [6, 6.07) is 16.3. The second-order valence-corrected chi connectivity index (χ2v) is 10.0. The summed E-state index contributed by atoms with van der Waals surface area (Å²) in [6.07, 6.45) is 5.49. The van der Waals surface area contributed by atoms with Gasteiger partial charge in [-0.1, -0.05) is 43.5 Å². The SMILES string of the molecule is N#Cc1ccc(CS(=O)(=O)CC(=O)Nc2nc3ccccc3n2C2CCCCC2)cc1. The molecule has 1 N–H and O–H groups in total. The highest BCUT2D eigenvalue weighted by Gasteiger charge is 2.24. The lowest BCUT2D eigenvalue weighted by Crippen LogP contribution is -2.26. The molecule has 4 rings (SSSR count). The van der Waals surface area contributed by atoms with Crippen molar-refractivity contribution in [3.05, 3.63) is 59.7 Å². The molecular formula is C23H24N4O3S. The zero-order valence-electron chi connectivity index (χ0n) is 17.1. The maximum atomic E-state index is 12.6. The van der Waals surface area contributed by atoms with Crippen molar-refractivity contribution in [2.24, 2.45) is 0 Å². The van der Waals surface area contributed by atoms with E-state index in [1.165, 1.54) is 6.42 Å². The number of fused-ring (bicyclic) bond motifs is 1. The minimum absolute atomic E-state index is 0.242. The predicted molar refractivity (Wildman–Crippen MR) is 119 cm³/mol. The van der Waals surface area contributed by atoms with Crippen LogP contribution in [0.2, 0.25) is 0 Å². The Morgan fingerprint density at radius 1 is 1.10 bits per heavy atom. The Bertz CT molecular complexity index is 1230. The topological polar surface area (TPSA) is 105 Å². The number of sulfone groups is 1. The molecule has 0 bridgehead atoms. The first-order valence-corrected chi connectivity index (χ1v) is 12.2. The Morgan fingerprint density at radius 3 is 2.52 bits per heavy atom. The molecule has 0 atom stereocenters. The van der Waals surface area contributed by atoms with Crippen LogP contribution in [0.4, 0.5) is 5.95 Å². The van der Waals surface area contributed by atoms with Crippen LogP contribution in [0.3, 0.4) is 0 Å². The standard InChI is InChI=1S/C23H24N4O3S/c24-14-17-10-12-18(13-11-17)15-31(29,30)16-22(28)26-23-25-20-8-4-5-9-21(20)27(23)19-6-2-1-3-7-19/h4-5,8-13,19H,1-3,6-7,15-16H2,(H,25,26,28).